The van der Waals surface area contributed by atoms with Crippen LogP contribution in [0.2, 0.25) is 0 Å². The van der Waals surface area contributed by atoms with Gasteiger partial charge >= 0.3 is 0 Å². The maximum atomic E-state index is 10.4. The van der Waals surface area contributed by atoms with Crippen molar-refractivity contribution in [2.24, 2.45) is 0 Å². The summed E-state index contributed by atoms with van der Waals surface area (Å²) in [4.78, 5) is 9.99. The Balaban J connectivity index is 2.63. The molecule has 0 saturated heterocycles. The van der Waals surface area contributed by atoms with Crippen LogP contribution in [0.5, 0.6) is 0 Å². The lowest BCUT2D eigenvalue weighted by Crippen LogP contribution is -2.89. The summed E-state index contributed by atoms with van der Waals surface area (Å²) in [6, 6.07) is 6.43. The van der Waals surface area contributed by atoms with E-state index in [4.69, 9.17) is 0 Å². The largest absolute Gasteiger partial charge is 0.382 e. The number of nitrogens with two attached hydrogens (primary N) is 1. The molecule has 5 nitrogen and oxygen atoms in total. The molecule has 0 aliphatic carbocycles. The topological polar surface area (TPSA) is 80.0 Å². The first-order chi connectivity index (χ1) is 7.50. The second-order valence-corrected chi connectivity index (χ2v) is 4.08. The Morgan fingerprint density at radius 2 is 1.94 bits per heavy atom. The third kappa shape index (κ3) is 3.60. The van der Waals surface area contributed by atoms with Crippen molar-refractivity contribution < 1.29 is 15.3 Å². The van der Waals surface area contributed by atoms with Gasteiger partial charge < -0.3 is 10.4 Å². The Kier molecular flexibility index (Phi) is 4.39. The summed E-state index contributed by atoms with van der Waals surface area (Å²) in [5, 5.41) is 22.3. The molecule has 0 radical (unpaired) electrons. The first-order valence-corrected chi connectivity index (χ1v) is 5.26. The van der Waals surface area contributed by atoms with Crippen LogP contribution in [0.1, 0.15) is 25.5 Å². The molecule has 1 rings (SSSR count). The number of hydrogen-bond acceptors (Lipinski definition) is 3. The van der Waals surface area contributed by atoms with Gasteiger partial charge in [0.2, 0.25) is 0 Å². The van der Waals surface area contributed by atoms with Gasteiger partial charge in [-0.05, 0) is 31.5 Å². The van der Waals surface area contributed by atoms with E-state index in [0.717, 1.165) is 0 Å². The molecular formula is C11H17N2O3+. The molecule has 1 aromatic carbocycles. The highest BCUT2D eigenvalue weighted by molar-refractivity contribution is 5.33. The zero-order valence-electron chi connectivity index (χ0n) is 9.46. The van der Waals surface area contributed by atoms with Crippen molar-refractivity contribution in [1.82, 2.24) is 0 Å². The fraction of sp³-hybridized carbons (Fsp3) is 0.455. The van der Waals surface area contributed by atoms with Crippen LogP contribution in [0.3, 0.4) is 0 Å². The highest BCUT2D eigenvalue weighted by Crippen LogP contribution is 2.16. The van der Waals surface area contributed by atoms with Crippen molar-refractivity contribution in [2.75, 3.05) is 6.54 Å². The number of aliphatic hydroxyl groups excluding tert-OH is 1. The fourth-order valence-corrected chi connectivity index (χ4v) is 1.36. The molecular weight excluding hydrogens is 208 g/mol. The Hall–Kier alpha value is -1.46. The van der Waals surface area contributed by atoms with Crippen LogP contribution >= 0.6 is 0 Å². The quantitative estimate of drug-likeness (QED) is 0.569. The third-order valence-electron chi connectivity index (χ3n) is 2.32. The predicted octanol–water partition coefficient (Wildman–Crippen LogP) is 0.600. The minimum atomic E-state index is -0.580. The van der Waals surface area contributed by atoms with Gasteiger partial charge in [0, 0.05) is 12.1 Å². The molecule has 0 aliphatic rings. The highest BCUT2D eigenvalue weighted by Gasteiger charge is 2.12. The van der Waals surface area contributed by atoms with E-state index in [2.05, 4.69) is 0 Å². The number of nitro groups is 1. The number of hydrogen-bond donors (Lipinski definition) is 2. The summed E-state index contributed by atoms with van der Waals surface area (Å²) in [5.74, 6) is 0. The normalized spacial score (nSPS) is 12.8. The fourth-order valence-electron chi connectivity index (χ4n) is 1.36. The summed E-state index contributed by atoms with van der Waals surface area (Å²) < 4.78 is 0. The molecule has 0 saturated carbocycles. The SMILES string of the molecule is CC(C)[NH2+]C[C@H](O)c1ccc([N+](=O)[O-])cc1. The van der Waals surface area contributed by atoms with Crippen molar-refractivity contribution >= 4 is 5.69 Å². The van der Waals surface area contributed by atoms with Crippen molar-refractivity contribution in [1.29, 1.82) is 0 Å². The predicted molar refractivity (Wildman–Crippen MR) is 60.0 cm³/mol. The third-order valence-corrected chi connectivity index (χ3v) is 2.32. The average Bonchev–Trinajstić information content (AvgIpc) is 2.26. The van der Waals surface area contributed by atoms with Gasteiger partial charge in [0.1, 0.15) is 12.6 Å². The summed E-state index contributed by atoms with van der Waals surface area (Å²) in [6.45, 7) is 4.65. The molecule has 16 heavy (non-hydrogen) atoms. The molecule has 0 aliphatic heterocycles. The molecule has 0 heterocycles. The number of nitrogens with zero attached hydrogens (tertiary/aromatic N) is 1. The molecule has 3 N–H and O–H groups in total. The van der Waals surface area contributed by atoms with Crippen molar-refractivity contribution in [3.05, 3.63) is 39.9 Å². The molecule has 0 unspecified atom stereocenters. The minimum Gasteiger partial charge on any atom is -0.382 e. The standard InChI is InChI=1S/C11H16N2O3/c1-8(2)12-7-11(14)9-3-5-10(6-4-9)13(15)16/h3-6,8,11-12,14H,7H2,1-2H3/p+1/t11-/m0/s1. The molecule has 0 amide bonds. The minimum absolute atomic E-state index is 0.0452. The van der Waals surface area contributed by atoms with E-state index in [1.807, 2.05) is 19.2 Å². The van der Waals surface area contributed by atoms with Crippen LogP contribution in [-0.2, 0) is 0 Å². The van der Waals surface area contributed by atoms with Gasteiger partial charge in [-0.15, -0.1) is 0 Å². The number of quaternary nitrogens is 1. The van der Waals surface area contributed by atoms with E-state index in [-0.39, 0.29) is 5.69 Å². The highest BCUT2D eigenvalue weighted by atomic mass is 16.6. The van der Waals surface area contributed by atoms with E-state index >= 15 is 0 Å². The molecule has 88 valence electrons. The Morgan fingerprint density at radius 3 is 2.38 bits per heavy atom. The number of nitro benzene ring substituents is 1. The van der Waals surface area contributed by atoms with E-state index in [1.165, 1.54) is 12.1 Å². The Bertz CT molecular complexity index is 349. The first-order valence-electron chi connectivity index (χ1n) is 5.26. The molecule has 0 spiro atoms. The van der Waals surface area contributed by atoms with E-state index in [1.54, 1.807) is 12.1 Å². The van der Waals surface area contributed by atoms with E-state index < -0.39 is 11.0 Å². The number of benzene rings is 1. The van der Waals surface area contributed by atoms with Crippen LogP contribution < -0.4 is 5.32 Å². The average molecular weight is 225 g/mol. The van der Waals surface area contributed by atoms with Crippen LogP contribution in [0.4, 0.5) is 5.69 Å². The zero-order valence-corrected chi connectivity index (χ0v) is 9.46. The molecule has 0 fully saturated rings. The summed E-state index contributed by atoms with van der Waals surface area (Å²) in [7, 11) is 0. The lowest BCUT2D eigenvalue weighted by Gasteiger charge is -2.11. The Morgan fingerprint density at radius 1 is 1.38 bits per heavy atom. The maximum absolute atomic E-state index is 10.4. The van der Waals surface area contributed by atoms with Crippen molar-refractivity contribution in [3.63, 3.8) is 0 Å². The summed E-state index contributed by atoms with van der Waals surface area (Å²) >= 11 is 0. The number of non-ortho nitro benzene ring substituents is 1. The van der Waals surface area contributed by atoms with Gasteiger partial charge in [0.05, 0.1) is 11.0 Å². The molecule has 0 bridgehead atoms. The lowest BCUT2D eigenvalue weighted by molar-refractivity contribution is -0.689. The van der Waals surface area contributed by atoms with E-state index in [9.17, 15) is 15.2 Å². The number of rotatable bonds is 5. The Labute approximate surface area is 94.3 Å². The van der Waals surface area contributed by atoms with Crippen LogP contribution in [-0.4, -0.2) is 22.6 Å². The van der Waals surface area contributed by atoms with Crippen molar-refractivity contribution in [3.8, 4) is 0 Å². The van der Waals surface area contributed by atoms with Crippen molar-refractivity contribution in [2.45, 2.75) is 26.0 Å². The summed E-state index contributed by atoms with van der Waals surface area (Å²) in [6.07, 6.45) is -0.580. The van der Waals surface area contributed by atoms with Crippen LogP contribution in [0.15, 0.2) is 24.3 Å². The zero-order chi connectivity index (χ0) is 12.1. The van der Waals surface area contributed by atoms with Gasteiger partial charge in [-0.1, -0.05) is 0 Å². The van der Waals surface area contributed by atoms with Gasteiger partial charge in [0.15, 0.2) is 0 Å². The smallest absolute Gasteiger partial charge is 0.269 e. The maximum Gasteiger partial charge on any atom is 0.269 e. The van der Waals surface area contributed by atoms with Gasteiger partial charge in [0.25, 0.3) is 5.69 Å². The van der Waals surface area contributed by atoms with Crippen LogP contribution in [0, 0.1) is 10.1 Å². The van der Waals surface area contributed by atoms with Crippen LogP contribution in [0.25, 0.3) is 0 Å². The monoisotopic (exact) mass is 225 g/mol. The molecule has 5 heteroatoms. The van der Waals surface area contributed by atoms with E-state index in [0.29, 0.717) is 18.2 Å². The molecule has 1 atom stereocenters. The molecule has 0 aromatic heterocycles. The second kappa shape index (κ2) is 5.58. The van der Waals surface area contributed by atoms with Gasteiger partial charge in [-0.25, -0.2) is 0 Å². The molecule has 1 aromatic rings. The van der Waals surface area contributed by atoms with Gasteiger partial charge in [-0.2, -0.15) is 0 Å². The second-order valence-electron chi connectivity index (χ2n) is 4.08. The lowest BCUT2D eigenvalue weighted by atomic mass is 10.1. The number of aliphatic hydroxyl groups is 1. The first kappa shape index (κ1) is 12.6. The summed E-state index contributed by atoms with van der Waals surface area (Å²) in [5.41, 5.74) is 0.756. The van der Waals surface area contributed by atoms with Gasteiger partial charge in [-0.3, -0.25) is 10.1 Å².